The third kappa shape index (κ3) is 3.23. The van der Waals surface area contributed by atoms with E-state index in [1.54, 1.807) is 11.8 Å². The van der Waals surface area contributed by atoms with E-state index in [9.17, 15) is 4.79 Å². The molecule has 0 radical (unpaired) electrons. The first-order valence-corrected chi connectivity index (χ1v) is 7.00. The predicted octanol–water partition coefficient (Wildman–Crippen LogP) is 1.83. The molecule has 3 nitrogen and oxygen atoms in total. The molecule has 1 aromatic carbocycles. The van der Waals surface area contributed by atoms with E-state index in [4.69, 9.17) is 0 Å². The van der Waals surface area contributed by atoms with E-state index in [1.165, 1.54) is 5.56 Å². The SMILES string of the molecule is Cc1ccc([C@@H](C)NC(=O)C2CSCN2)cc1. The van der Waals surface area contributed by atoms with E-state index in [2.05, 4.69) is 41.8 Å². The zero-order valence-electron chi connectivity index (χ0n) is 10.2. The average Bonchev–Trinajstić information content (AvgIpc) is 2.83. The van der Waals surface area contributed by atoms with Crippen LogP contribution in [0.2, 0.25) is 0 Å². The van der Waals surface area contributed by atoms with Crippen LogP contribution in [0.25, 0.3) is 0 Å². The Labute approximate surface area is 106 Å². The largest absolute Gasteiger partial charge is 0.348 e. The highest BCUT2D eigenvalue weighted by molar-refractivity contribution is 7.99. The van der Waals surface area contributed by atoms with Gasteiger partial charge in [-0.05, 0) is 19.4 Å². The molecule has 0 aliphatic carbocycles. The van der Waals surface area contributed by atoms with E-state index in [-0.39, 0.29) is 18.0 Å². The van der Waals surface area contributed by atoms with Gasteiger partial charge in [0.05, 0.1) is 12.1 Å². The van der Waals surface area contributed by atoms with Crippen molar-refractivity contribution in [3.05, 3.63) is 35.4 Å². The number of carbonyl (C=O) groups excluding carboxylic acids is 1. The maximum absolute atomic E-state index is 11.9. The lowest BCUT2D eigenvalue weighted by Gasteiger charge is -2.17. The van der Waals surface area contributed by atoms with Gasteiger partial charge in [0.25, 0.3) is 0 Å². The summed E-state index contributed by atoms with van der Waals surface area (Å²) >= 11 is 1.76. The predicted molar refractivity (Wildman–Crippen MR) is 72.0 cm³/mol. The standard InChI is InChI=1S/C13H18N2OS/c1-9-3-5-11(6-4-9)10(2)15-13(16)12-7-17-8-14-12/h3-6,10,12,14H,7-8H2,1-2H3,(H,15,16)/t10-,12?/m1/s1. The quantitative estimate of drug-likeness (QED) is 0.860. The van der Waals surface area contributed by atoms with Crippen LogP contribution in [0.5, 0.6) is 0 Å². The van der Waals surface area contributed by atoms with Gasteiger partial charge in [-0.25, -0.2) is 0 Å². The number of hydrogen-bond acceptors (Lipinski definition) is 3. The van der Waals surface area contributed by atoms with Crippen molar-refractivity contribution >= 4 is 17.7 Å². The molecule has 1 amide bonds. The number of nitrogens with one attached hydrogen (secondary N) is 2. The molecule has 0 saturated carbocycles. The zero-order valence-corrected chi connectivity index (χ0v) is 11.0. The van der Waals surface area contributed by atoms with E-state index in [0.717, 1.165) is 17.2 Å². The van der Waals surface area contributed by atoms with Crippen LogP contribution in [-0.2, 0) is 4.79 Å². The van der Waals surface area contributed by atoms with Crippen LogP contribution in [0.1, 0.15) is 24.1 Å². The second-order valence-corrected chi connectivity index (χ2v) is 5.44. The molecule has 0 spiro atoms. The average molecular weight is 250 g/mol. The zero-order chi connectivity index (χ0) is 12.3. The molecule has 0 bridgehead atoms. The van der Waals surface area contributed by atoms with Gasteiger partial charge in [-0.2, -0.15) is 0 Å². The molecule has 1 aliphatic heterocycles. The molecule has 1 saturated heterocycles. The minimum Gasteiger partial charge on any atom is -0.348 e. The van der Waals surface area contributed by atoms with Gasteiger partial charge >= 0.3 is 0 Å². The number of carbonyl (C=O) groups is 1. The molecule has 1 aliphatic rings. The van der Waals surface area contributed by atoms with Gasteiger partial charge in [0.15, 0.2) is 0 Å². The van der Waals surface area contributed by atoms with Crippen molar-refractivity contribution < 1.29 is 4.79 Å². The fourth-order valence-electron chi connectivity index (χ4n) is 1.82. The summed E-state index contributed by atoms with van der Waals surface area (Å²) in [4.78, 5) is 11.9. The molecule has 1 aromatic rings. The van der Waals surface area contributed by atoms with Crippen LogP contribution >= 0.6 is 11.8 Å². The van der Waals surface area contributed by atoms with Gasteiger partial charge in [0.2, 0.25) is 5.91 Å². The number of amides is 1. The Morgan fingerprint density at radius 1 is 1.47 bits per heavy atom. The Bertz CT molecular complexity index is 385. The summed E-state index contributed by atoms with van der Waals surface area (Å²) in [7, 11) is 0. The van der Waals surface area contributed by atoms with E-state index < -0.39 is 0 Å². The van der Waals surface area contributed by atoms with Crippen LogP contribution in [-0.4, -0.2) is 23.6 Å². The van der Waals surface area contributed by atoms with Gasteiger partial charge in [-0.1, -0.05) is 29.8 Å². The van der Waals surface area contributed by atoms with Crippen molar-refractivity contribution in [3.63, 3.8) is 0 Å². The highest BCUT2D eigenvalue weighted by Gasteiger charge is 2.23. The highest BCUT2D eigenvalue weighted by Crippen LogP contribution is 2.15. The Kier molecular flexibility index (Phi) is 4.07. The van der Waals surface area contributed by atoms with Gasteiger partial charge in [0.1, 0.15) is 0 Å². The van der Waals surface area contributed by atoms with E-state index in [0.29, 0.717) is 0 Å². The number of hydrogen-bond donors (Lipinski definition) is 2. The minimum absolute atomic E-state index is 0.0344. The summed E-state index contributed by atoms with van der Waals surface area (Å²) < 4.78 is 0. The lowest BCUT2D eigenvalue weighted by Crippen LogP contribution is -2.42. The van der Waals surface area contributed by atoms with E-state index >= 15 is 0 Å². The molecule has 4 heteroatoms. The van der Waals surface area contributed by atoms with Crippen molar-refractivity contribution in [1.82, 2.24) is 10.6 Å². The number of aryl methyl sites for hydroxylation is 1. The van der Waals surface area contributed by atoms with Crippen LogP contribution in [0.15, 0.2) is 24.3 Å². The van der Waals surface area contributed by atoms with Crippen LogP contribution in [0.4, 0.5) is 0 Å². The van der Waals surface area contributed by atoms with Crippen LogP contribution in [0, 0.1) is 6.92 Å². The molecule has 1 heterocycles. The maximum Gasteiger partial charge on any atom is 0.238 e. The molecule has 1 unspecified atom stereocenters. The molecular weight excluding hydrogens is 232 g/mol. The van der Waals surface area contributed by atoms with Crippen molar-refractivity contribution in [2.45, 2.75) is 25.9 Å². The monoisotopic (exact) mass is 250 g/mol. The third-order valence-electron chi connectivity index (χ3n) is 2.97. The summed E-state index contributed by atoms with van der Waals surface area (Å²) in [5.74, 6) is 1.84. The Morgan fingerprint density at radius 3 is 2.76 bits per heavy atom. The summed E-state index contributed by atoms with van der Waals surface area (Å²) in [6.45, 7) is 4.08. The van der Waals surface area contributed by atoms with Gasteiger partial charge in [-0.3, -0.25) is 10.1 Å². The molecule has 1 fully saturated rings. The molecule has 17 heavy (non-hydrogen) atoms. The van der Waals surface area contributed by atoms with Gasteiger partial charge in [-0.15, -0.1) is 11.8 Å². The number of benzene rings is 1. The fraction of sp³-hybridized carbons (Fsp3) is 0.462. The number of rotatable bonds is 3. The summed E-state index contributed by atoms with van der Waals surface area (Å²) in [6.07, 6.45) is 0. The minimum atomic E-state index is -0.0344. The Morgan fingerprint density at radius 2 is 2.18 bits per heavy atom. The van der Waals surface area contributed by atoms with Crippen LogP contribution in [0.3, 0.4) is 0 Å². The van der Waals surface area contributed by atoms with Crippen molar-refractivity contribution in [2.75, 3.05) is 11.6 Å². The first kappa shape index (κ1) is 12.5. The molecule has 2 atom stereocenters. The van der Waals surface area contributed by atoms with E-state index in [1.807, 2.05) is 6.92 Å². The molecular formula is C13H18N2OS. The van der Waals surface area contributed by atoms with Crippen molar-refractivity contribution in [1.29, 1.82) is 0 Å². The third-order valence-corrected chi connectivity index (χ3v) is 3.91. The molecule has 2 N–H and O–H groups in total. The smallest absolute Gasteiger partial charge is 0.238 e. The fourth-order valence-corrected chi connectivity index (χ4v) is 2.76. The lowest BCUT2D eigenvalue weighted by molar-refractivity contribution is -0.123. The normalized spacial score (nSPS) is 21.2. The molecule has 0 aromatic heterocycles. The summed E-state index contributed by atoms with van der Waals surface area (Å²) in [6, 6.07) is 8.31. The summed E-state index contributed by atoms with van der Waals surface area (Å²) in [5, 5.41) is 6.22. The first-order valence-electron chi connectivity index (χ1n) is 5.85. The van der Waals surface area contributed by atoms with Crippen molar-refractivity contribution in [2.24, 2.45) is 0 Å². The first-order chi connectivity index (χ1) is 8.16. The van der Waals surface area contributed by atoms with Crippen molar-refractivity contribution in [3.8, 4) is 0 Å². The lowest BCUT2D eigenvalue weighted by atomic mass is 10.1. The second-order valence-electron chi connectivity index (χ2n) is 4.41. The number of thioether (sulfide) groups is 1. The molecule has 92 valence electrons. The maximum atomic E-state index is 11.9. The van der Waals surface area contributed by atoms with Crippen LogP contribution < -0.4 is 10.6 Å². The highest BCUT2D eigenvalue weighted by atomic mass is 32.2. The van der Waals surface area contributed by atoms with Gasteiger partial charge < -0.3 is 5.32 Å². The summed E-state index contributed by atoms with van der Waals surface area (Å²) in [5.41, 5.74) is 2.38. The Hall–Kier alpha value is -1.00. The second kappa shape index (κ2) is 5.56. The topological polar surface area (TPSA) is 41.1 Å². The molecule has 2 rings (SSSR count). The van der Waals surface area contributed by atoms with Gasteiger partial charge in [0, 0.05) is 11.6 Å². The Balaban J connectivity index is 1.93.